The van der Waals surface area contributed by atoms with Crippen LogP contribution in [0.3, 0.4) is 0 Å². The van der Waals surface area contributed by atoms with Crippen LogP contribution in [-0.2, 0) is 29.2 Å². The fraction of sp³-hybridized carbons (Fsp3) is 0.267. The molecule has 4 amide bonds. The molecule has 0 unspecified atom stereocenters. The molecule has 284 valence electrons. The van der Waals surface area contributed by atoms with Gasteiger partial charge in [0.05, 0.1) is 18.5 Å². The van der Waals surface area contributed by atoms with E-state index >= 15 is 0 Å². The summed E-state index contributed by atoms with van der Waals surface area (Å²) < 4.78 is 5.53. The van der Waals surface area contributed by atoms with Crippen LogP contribution in [0.25, 0.3) is 0 Å². The van der Waals surface area contributed by atoms with Gasteiger partial charge in [0.1, 0.15) is 11.8 Å². The van der Waals surface area contributed by atoms with Gasteiger partial charge in [-0.1, -0.05) is 115 Å². The largest absolute Gasteiger partial charge is 0.496 e. The number of benzene rings is 5. The lowest BCUT2D eigenvalue weighted by molar-refractivity contribution is -0.140. The molecule has 0 saturated carbocycles. The van der Waals surface area contributed by atoms with Gasteiger partial charge in [0, 0.05) is 55.8 Å². The third-order valence-electron chi connectivity index (χ3n) is 9.94. The number of hydrogen-bond donors (Lipinski definition) is 1. The number of likely N-dealkylation sites (N-methyl/N-ethyl adjacent to an activating group) is 1. The second kappa shape index (κ2) is 19.1. The van der Waals surface area contributed by atoms with Crippen molar-refractivity contribution >= 4 is 40.8 Å². The van der Waals surface area contributed by atoms with Gasteiger partial charge in [-0.3, -0.25) is 14.5 Å². The Balaban J connectivity index is 1.25. The summed E-state index contributed by atoms with van der Waals surface area (Å²) in [5, 5.41) is 3.59. The Labute approximate surface area is 329 Å². The lowest BCUT2D eigenvalue weighted by Gasteiger charge is -2.41. The predicted molar refractivity (Wildman–Crippen MR) is 218 cm³/mol. The van der Waals surface area contributed by atoms with Crippen LogP contribution in [-0.4, -0.2) is 72.4 Å². The highest BCUT2D eigenvalue weighted by atomic mass is 35.5. The van der Waals surface area contributed by atoms with Crippen molar-refractivity contribution in [2.45, 2.75) is 38.5 Å². The summed E-state index contributed by atoms with van der Waals surface area (Å²) in [4.78, 5) is 50.8. The molecule has 1 aliphatic heterocycles. The number of anilines is 2. The summed E-state index contributed by atoms with van der Waals surface area (Å²) in [5.74, 6) is -0.00397. The third-order valence-corrected chi connectivity index (χ3v) is 10.2. The molecule has 2 atom stereocenters. The molecule has 0 aromatic heterocycles. The number of piperidine rings is 1. The molecule has 5 aromatic rings. The van der Waals surface area contributed by atoms with Crippen LogP contribution >= 0.6 is 11.6 Å². The van der Waals surface area contributed by atoms with Gasteiger partial charge in [-0.05, 0) is 67.4 Å². The van der Waals surface area contributed by atoms with Gasteiger partial charge in [0.25, 0.3) is 0 Å². The molecule has 10 heteroatoms. The van der Waals surface area contributed by atoms with Gasteiger partial charge in [-0.2, -0.15) is 0 Å². The number of rotatable bonds is 14. The number of nitrogens with one attached hydrogen (secondary N) is 1. The molecule has 5 aromatic carbocycles. The number of likely N-dealkylation sites (tertiary alicyclic amines) is 1. The minimum Gasteiger partial charge on any atom is -0.496 e. The minimum atomic E-state index is -0.893. The third kappa shape index (κ3) is 10.3. The van der Waals surface area contributed by atoms with E-state index in [2.05, 4.69) is 10.2 Å². The van der Waals surface area contributed by atoms with E-state index in [1.54, 1.807) is 35.1 Å². The molecule has 0 aliphatic carbocycles. The van der Waals surface area contributed by atoms with E-state index in [9.17, 15) is 14.4 Å². The molecular weight excluding hydrogens is 710 g/mol. The number of ether oxygens (including phenoxy) is 1. The highest BCUT2D eigenvalue weighted by Crippen LogP contribution is 2.33. The second-order valence-electron chi connectivity index (χ2n) is 13.9. The number of carbonyl (C=O) groups is 3. The number of amides is 4. The monoisotopic (exact) mass is 757 g/mol. The van der Waals surface area contributed by atoms with Gasteiger partial charge in [0.2, 0.25) is 11.8 Å². The first-order valence-electron chi connectivity index (χ1n) is 18.7. The molecule has 0 radical (unpaired) electrons. The number of methoxy groups -OCH3 is 1. The standard InChI is InChI=1S/C45H48ClN5O4/c1-48(33-37-19-12-13-24-42(37)55-2)28-26-47-43(52)41-29-36(44(53)49(31-34-15-6-3-7-16-34)32-35-17-8-4-9-18-35)25-27-50(41)45(54)51(39-21-10-5-11-22-39)40-23-14-20-38(46)30-40/h3-24,30,36,41H,25-29,31-33H2,1-2H3,(H,47,52)/t36-,41-/m0/s1. The van der Waals surface area contributed by atoms with Crippen LogP contribution in [0.1, 0.15) is 29.5 Å². The van der Waals surface area contributed by atoms with E-state index in [1.165, 1.54) is 0 Å². The van der Waals surface area contributed by atoms with E-state index in [1.807, 2.05) is 133 Å². The fourth-order valence-electron chi connectivity index (χ4n) is 7.13. The molecule has 0 bridgehead atoms. The number of carbonyl (C=O) groups excluding carboxylic acids is 3. The van der Waals surface area contributed by atoms with Crippen molar-refractivity contribution in [2.75, 3.05) is 38.7 Å². The van der Waals surface area contributed by atoms with Crippen molar-refractivity contribution in [1.29, 1.82) is 0 Å². The van der Waals surface area contributed by atoms with Gasteiger partial charge in [-0.25, -0.2) is 4.79 Å². The average molecular weight is 758 g/mol. The van der Waals surface area contributed by atoms with E-state index in [0.717, 1.165) is 22.4 Å². The fourth-order valence-corrected chi connectivity index (χ4v) is 7.31. The van der Waals surface area contributed by atoms with E-state index < -0.39 is 12.0 Å². The lowest BCUT2D eigenvalue weighted by atomic mass is 9.88. The lowest BCUT2D eigenvalue weighted by Crippen LogP contribution is -2.58. The maximum Gasteiger partial charge on any atom is 0.329 e. The number of urea groups is 1. The number of hydrogen-bond acceptors (Lipinski definition) is 5. The van der Waals surface area contributed by atoms with E-state index in [4.69, 9.17) is 16.3 Å². The van der Waals surface area contributed by atoms with E-state index in [-0.39, 0.29) is 30.8 Å². The first kappa shape index (κ1) is 39.1. The summed E-state index contributed by atoms with van der Waals surface area (Å²) >= 11 is 6.43. The Morgan fingerprint density at radius 3 is 2.00 bits per heavy atom. The normalized spacial score (nSPS) is 15.3. The molecule has 1 N–H and O–H groups in total. The maximum absolute atomic E-state index is 14.8. The maximum atomic E-state index is 14.8. The van der Waals surface area contributed by atoms with Crippen LogP contribution < -0.4 is 15.0 Å². The van der Waals surface area contributed by atoms with Crippen LogP contribution in [0.15, 0.2) is 140 Å². The van der Waals surface area contributed by atoms with E-state index in [0.29, 0.717) is 55.5 Å². The average Bonchev–Trinajstić information content (AvgIpc) is 3.21. The van der Waals surface area contributed by atoms with Crippen LogP contribution in [0, 0.1) is 5.92 Å². The molecule has 1 aliphatic rings. The zero-order valence-corrected chi connectivity index (χ0v) is 32.1. The number of halogens is 1. The molecule has 1 heterocycles. The van der Waals surface area contributed by atoms with Crippen LogP contribution in [0.4, 0.5) is 16.2 Å². The zero-order chi connectivity index (χ0) is 38.6. The number of para-hydroxylation sites is 2. The number of nitrogens with zero attached hydrogens (tertiary/aromatic N) is 4. The highest BCUT2D eigenvalue weighted by molar-refractivity contribution is 6.31. The molecule has 9 nitrogen and oxygen atoms in total. The van der Waals surface area contributed by atoms with Crippen molar-refractivity contribution in [3.8, 4) is 5.75 Å². The first-order chi connectivity index (χ1) is 26.8. The van der Waals surface area contributed by atoms with Gasteiger partial charge < -0.3 is 24.8 Å². The van der Waals surface area contributed by atoms with Crippen LogP contribution in [0.5, 0.6) is 5.75 Å². The Morgan fingerprint density at radius 1 is 0.764 bits per heavy atom. The summed E-state index contributed by atoms with van der Waals surface area (Å²) in [6.45, 7) is 2.63. The van der Waals surface area contributed by atoms with Gasteiger partial charge in [0.15, 0.2) is 0 Å². The quantitative estimate of drug-likeness (QED) is 0.124. The Bertz CT molecular complexity index is 1970. The van der Waals surface area contributed by atoms with Crippen molar-refractivity contribution in [2.24, 2.45) is 5.92 Å². The topological polar surface area (TPSA) is 85.4 Å². The molecule has 1 saturated heterocycles. The van der Waals surface area contributed by atoms with Crippen molar-refractivity contribution in [3.05, 3.63) is 161 Å². The van der Waals surface area contributed by atoms with Gasteiger partial charge >= 0.3 is 6.03 Å². The Hall–Kier alpha value is -5.64. The predicted octanol–water partition coefficient (Wildman–Crippen LogP) is 8.16. The van der Waals surface area contributed by atoms with Crippen molar-refractivity contribution in [3.63, 3.8) is 0 Å². The van der Waals surface area contributed by atoms with Crippen molar-refractivity contribution in [1.82, 2.24) is 20.0 Å². The molecule has 6 rings (SSSR count). The minimum absolute atomic E-state index is 0.0381. The molecule has 1 fully saturated rings. The first-order valence-corrected chi connectivity index (χ1v) is 19.0. The van der Waals surface area contributed by atoms with Crippen molar-refractivity contribution < 1.29 is 19.1 Å². The molecule has 0 spiro atoms. The zero-order valence-electron chi connectivity index (χ0n) is 31.4. The summed E-state index contributed by atoms with van der Waals surface area (Å²) in [5.41, 5.74) is 4.30. The summed E-state index contributed by atoms with van der Waals surface area (Å²) in [7, 11) is 3.64. The molecular formula is C45H48ClN5O4. The Morgan fingerprint density at radius 2 is 1.36 bits per heavy atom. The smallest absolute Gasteiger partial charge is 0.329 e. The SMILES string of the molecule is COc1ccccc1CN(C)CCNC(=O)[C@@H]1C[C@@H](C(=O)N(Cc2ccccc2)Cc2ccccc2)CCN1C(=O)N(c1ccccc1)c1cccc(Cl)c1. The second-order valence-corrected chi connectivity index (χ2v) is 14.3. The summed E-state index contributed by atoms with van der Waals surface area (Å²) in [6.07, 6.45) is 0.597. The van der Waals surface area contributed by atoms with Crippen LogP contribution in [0.2, 0.25) is 5.02 Å². The summed E-state index contributed by atoms with van der Waals surface area (Å²) in [6, 6.07) is 42.9. The Kier molecular flexibility index (Phi) is 13.6. The molecule has 55 heavy (non-hydrogen) atoms. The highest BCUT2D eigenvalue weighted by Gasteiger charge is 2.42. The van der Waals surface area contributed by atoms with Gasteiger partial charge in [-0.15, -0.1) is 0 Å².